The summed E-state index contributed by atoms with van der Waals surface area (Å²) in [6, 6.07) is 0. The minimum absolute atomic E-state index is 0.377. The summed E-state index contributed by atoms with van der Waals surface area (Å²) in [6.45, 7) is 3.98. The fraction of sp³-hybridized carbons (Fsp3) is 1.00. The van der Waals surface area contributed by atoms with Gasteiger partial charge >= 0.3 is 0 Å². The second kappa shape index (κ2) is 10.6. The maximum atomic E-state index is 9.22. The first-order valence-corrected chi connectivity index (χ1v) is 5.72. The zero-order chi connectivity index (χ0) is 14.9. The molecular formula is C11H26O7. The van der Waals surface area contributed by atoms with E-state index >= 15 is 0 Å². The average molecular weight is 270 g/mol. The molecule has 0 fully saturated rings. The average Bonchev–Trinajstić information content (AvgIpc) is 2.28. The SMILES string of the molecule is CC(O)C(O)CO.COC(C(C)O)C(O)C(C)O. The van der Waals surface area contributed by atoms with E-state index < -0.39 is 36.6 Å². The first-order chi connectivity index (χ1) is 8.18. The van der Waals surface area contributed by atoms with Crippen molar-refractivity contribution >= 4 is 0 Å². The molecule has 0 heterocycles. The Morgan fingerprint density at radius 3 is 1.33 bits per heavy atom. The highest BCUT2D eigenvalue weighted by atomic mass is 16.5. The number of aliphatic hydroxyl groups is 6. The first-order valence-electron chi connectivity index (χ1n) is 5.72. The van der Waals surface area contributed by atoms with Gasteiger partial charge in [-0.2, -0.15) is 0 Å². The van der Waals surface area contributed by atoms with Gasteiger partial charge in [-0.15, -0.1) is 0 Å². The molecular weight excluding hydrogens is 244 g/mol. The standard InChI is InChI=1S/C7H16O4.C4H10O3/c1-4(8)6(10)7(11-3)5(2)9;1-3(6)4(7)2-5/h4-10H,1-3H3;3-7H,2H2,1H3. The van der Waals surface area contributed by atoms with Gasteiger partial charge in [-0.05, 0) is 20.8 Å². The summed E-state index contributed by atoms with van der Waals surface area (Å²) in [6.07, 6.45) is -5.26. The zero-order valence-electron chi connectivity index (χ0n) is 11.3. The molecule has 7 nitrogen and oxygen atoms in total. The zero-order valence-corrected chi connectivity index (χ0v) is 11.3. The number of methoxy groups -OCH3 is 1. The fourth-order valence-corrected chi connectivity index (χ4v) is 1.05. The van der Waals surface area contributed by atoms with Crippen LogP contribution < -0.4 is 0 Å². The molecule has 112 valence electrons. The number of hydrogen-bond donors (Lipinski definition) is 6. The second-order valence-electron chi connectivity index (χ2n) is 4.16. The molecule has 0 rings (SSSR count). The Balaban J connectivity index is 0. The third-order valence-electron chi connectivity index (χ3n) is 2.32. The van der Waals surface area contributed by atoms with Crippen molar-refractivity contribution in [2.24, 2.45) is 0 Å². The van der Waals surface area contributed by atoms with E-state index in [0.717, 1.165) is 0 Å². The molecule has 6 N–H and O–H groups in total. The monoisotopic (exact) mass is 270 g/mol. The Morgan fingerprint density at radius 1 is 0.833 bits per heavy atom. The maximum absolute atomic E-state index is 9.22. The Bertz CT molecular complexity index is 184. The topological polar surface area (TPSA) is 131 Å². The van der Waals surface area contributed by atoms with Crippen LogP contribution in [-0.4, -0.2) is 81.0 Å². The van der Waals surface area contributed by atoms with Crippen molar-refractivity contribution in [2.75, 3.05) is 13.7 Å². The molecule has 7 heteroatoms. The minimum atomic E-state index is -1.04. The number of ether oxygens (including phenoxy) is 1. The minimum Gasteiger partial charge on any atom is -0.394 e. The predicted molar refractivity (Wildman–Crippen MR) is 64.9 cm³/mol. The molecule has 6 atom stereocenters. The Kier molecular flexibility index (Phi) is 11.8. The van der Waals surface area contributed by atoms with E-state index in [1.165, 1.54) is 27.9 Å². The fourth-order valence-electron chi connectivity index (χ4n) is 1.05. The molecule has 0 amide bonds. The molecule has 6 unspecified atom stereocenters. The molecule has 0 aromatic rings. The van der Waals surface area contributed by atoms with Crippen LogP contribution in [0.15, 0.2) is 0 Å². The van der Waals surface area contributed by atoms with Crippen molar-refractivity contribution in [3.05, 3.63) is 0 Å². The van der Waals surface area contributed by atoms with Crippen molar-refractivity contribution < 1.29 is 35.4 Å². The number of hydrogen-bond acceptors (Lipinski definition) is 7. The van der Waals surface area contributed by atoms with E-state index in [9.17, 15) is 5.11 Å². The van der Waals surface area contributed by atoms with Crippen LogP contribution in [-0.2, 0) is 4.74 Å². The van der Waals surface area contributed by atoms with Gasteiger partial charge in [0.25, 0.3) is 0 Å². The summed E-state index contributed by atoms with van der Waals surface area (Å²) in [5, 5.41) is 52.1. The van der Waals surface area contributed by atoms with E-state index in [2.05, 4.69) is 0 Å². The van der Waals surface area contributed by atoms with Gasteiger partial charge in [0.1, 0.15) is 18.3 Å². The van der Waals surface area contributed by atoms with Gasteiger partial charge in [-0.25, -0.2) is 0 Å². The van der Waals surface area contributed by atoms with Crippen LogP contribution in [0, 0.1) is 0 Å². The molecule has 18 heavy (non-hydrogen) atoms. The molecule has 0 aliphatic carbocycles. The number of aliphatic hydroxyl groups excluding tert-OH is 6. The lowest BCUT2D eigenvalue weighted by Gasteiger charge is -2.25. The van der Waals surface area contributed by atoms with Crippen LogP contribution in [0.4, 0.5) is 0 Å². The van der Waals surface area contributed by atoms with Gasteiger partial charge in [0.15, 0.2) is 0 Å². The van der Waals surface area contributed by atoms with E-state index in [1.807, 2.05) is 0 Å². The molecule has 0 aliphatic rings. The van der Waals surface area contributed by atoms with Crippen LogP contribution in [0.25, 0.3) is 0 Å². The summed E-state index contributed by atoms with van der Waals surface area (Å²) in [5.74, 6) is 0. The summed E-state index contributed by atoms with van der Waals surface area (Å²) >= 11 is 0. The highest BCUT2D eigenvalue weighted by Crippen LogP contribution is 2.07. The van der Waals surface area contributed by atoms with Crippen molar-refractivity contribution in [3.8, 4) is 0 Å². The van der Waals surface area contributed by atoms with Crippen LogP contribution in [0.3, 0.4) is 0 Å². The van der Waals surface area contributed by atoms with E-state index in [0.29, 0.717) is 0 Å². The van der Waals surface area contributed by atoms with Gasteiger partial charge in [0.05, 0.1) is 24.9 Å². The van der Waals surface area contributed by atoms with E-state index in [4.69, 9.17) is 30.3 Å². The normalized spacial score (nSPS) is 21.0. The van der Waals surface area contributed by atoms with Crippen molar-refractivity contribution in [1.82, 2.24) is 0 Å². The molecule has 0 aromatic carbocycles. The lowest BCUT2D eigenvalue weighted by molar-refractivity contribution is -0.111. The van der Waals surface area contributed by atoms with Gasteiger partial charge < -0.3 is 35.4 Å². The van der Waals surface area contributed by atoms with Crippen LogP contribution in [0.1, 0.15) is 20.8 Å². The van der Waals surface area contributed by atoms with Crippen LogP contribution in [0.2, 0.25) is 0 Å². The Labute approximate surface area is 107 Å². The molecule has 0 aromatic heterocycles. The quantitative estimate of drug-likeness (QED) is 0.324. The largest absolute Gasteiger partial charge is 0.394 e. The molecule has 0 saturated heterocycles. The summed E-state index contributed by atoms with van der Waals surface area (Å²) in [7, 11) is 1.38. The first kappa shape index (κ1) is 20.0. The summed E-state index contributed by atoms with van der Waals surface area (Å²) in [4.78, 5) is 0. The summed E-state index contributed by atoms with van der Waals surface area (Å²) in [5.41, 5.74) is 0. The molecule has 0 saturated carbocycles. The summed E-state index contributed by atoms with van der Waals surface area (Å²) < 4.78 is 4.77. The third kappa shape index (κ3) is 8.76. The van der Waals surface area contributed by atoms with Gasteiger partial charge in [-0.3, -0.25) is 0 Å². The van der Waals surface area contributed by atoms with E-state index in [1.54, 1.807) is 0 Å². The highest BCUT2D eigenvalue weighted by Gasteiger charge is 2.27. The second-order valence-corrected chi connectivity index (χ2v) is 4.16. The lowest BCUT2D eigenvalue weighted by Crippen LogP contribution is -2.43. The van der Waals surface area contributed by atoms with Crippen molar-refractivity contribution in [3.63, 3.8) is 0 Å². The molecule has 0 bridgehead atoms. The van der Waals surface area contributed by atoms with Gasteiger partial charge in [0, 0.05) is 7.11 Å². The Hall–Kier alpha value is -0.280. The Morgan fingerprint density at radius 2 is 1.28 bits per heavy atom. The predicted octanol–water partition coefficient (Wildman–Crippen LogP) is -2.16. The molecule has 0 spiro atoms. The smallest absolute Gasteiger partial charge is 0.111 e. The number of rotatable bonds is 6. The third-order valence-corrected chi connectivity index (χ3v) is 2.32. The lowest BCUT2D eigenvalue weighted by atomic mass is 10.1. The maximum Gasteiger partial charge on any atom is 0.111 e. The van der Waals surface area contributed by atoms with Crippen LogP contribution in [0.5, 0.6) is 0 Å². The molecule has 0 radical (unpaired) electrons. The van der Waals surface area contributed by atoms with Crippen molar-refractivity contribution in [2.45, 2.75) is 57.4 Å². The van der Waals surface area contributed by atoms with Crippen LogP contribution >= 0.6 is 0 Å². The van der Waals surface area contributed by atoms with Crippen molar-refractivity contribution in [1.29, 1.82) is 0 Å². The van der Waals surface area contributed by atoms with Gasteiger partial charge in [-0.1, -0.05) is 0 Å². The highest BCUT2D eigenvalue weighted by molar-refractivity contribution is 4.77. The van der Waals surface area contributed by atoms with E-state index in [-0.39, 0.29) is 6.61 Å². The molecule has 0 aliphatic heterocycles. The van der Waals surface area contributed by atoms with Gasteiger partial charge in [0.2, 0.25) is 0 Å².